The van der Waals surface area contributed by atoms with Gasteiger partial charge >= 0.3 is 6.03 Å². The molecule has 7 heteroatoms. The minimum atomic E-state index is -0.290. The van der Waals surface area contributed by atoms with Crippen molar-refractivity contribution in [3.8, 4) is 17.2 Å². The van der Waals surface area contributed by atoms with Gasteiger partial charge in [0.1, 0.15) is 17.2 Å². The Hall–Kier alpha value is -2.99. The predicted octanol–water partition coefficient (Wildman–Crippen LogP) is 5.53. The first-order valence-electron chi connectivity index (χ1n) is 8.97. The van der Waals surface area contributed by atoms with Gasteiger partial charge in [-0.15, -0.1) is 0 Å². The lowest BCUT2D eigenvalue weighted by molar-refractivity contribution is 0.252. The van der Waals surface area contributed by atoms with Crippen LogP contribution in [0.15, 0.2) is 42.6 Å². The summed E-state index contributed by atoms with van der Waals surface area (Å²) < 4.78 is 11.4. The Morgan fingerprint density at radius 2 is 2.00 bits per heavy atom. The molecule has 146 valence electrons. The molecule has 0 aliphatic rings. The number of pyridine rings is 1. The maximum atomic E-state index is 11.8. The summed E-state index contributed by atoms with van der Waals surface area (Å²) in [5.74, 6) is 2.00. The number of rotatable bonds is 6. The Labute approximate surface area is 168 Å². The number of nitrogens with one attached hydrogen (secondary N) is 2. The van der Waals surface area contributed by atoms with E-state index in [-0.39, 0.29) is 6.03 Å². The molecule has 0 fully saturated rings. The number of nitrogens with zero attached hydrogens (tertiary/aromatic N) is 1. The van der Waals surface area contributed by atoms with Crippen LogP contribution in [0.2, 0.25) is 5.02 Å². The van der Waals surface area contributed by atoms with Crippen LogP contribution in [-0.2, 0) is 0 Å². The number of anilines is 1. The van der Waals surface area contributed by atoms with Gasteiger partial charge in [0, 0.05) is 30.3 Å². The van der Waals surface area contributed by atoms with E-state index in [4.69, 9.17) is 21.1 Å². The fourth-order valence-electron chi connectivity index (χ4n) is 2.76. The van der Waals surface area contributed by atoms with Crippen molar-refractivity contribution in [1.82, 2.24) is 10.3 Å². The van der Waals surface area contributed by atoms with Crippen molar-refractivity contribution in [2.45, 2.75) is 20.3 Å². The fraction of sp³-hybridized carbons (Fsp3) is 0.238. The number of amides is 2. The molecule has 2 amide bonds. The molecule has 3 aromatic rings. The number of hydrogen-bond acceptors (Lipinski definition) is 4. The lowest BCUT2D eigenvalue weighted by atomic mass is 10.1. The average Bonchev–Trinajstić information content (AvgIpc) is 2.68. The lowest BCUT2D eigenvalue weighted by Crippen LogP contribution is -2.29. The molecule has 0 unspecified atom stereocenters. The fourth-order valence-corrected chi connectivity index (χ4v) is 2.98. The molecule has 0 atom stereocenters. The third kappa shape index (κ3) is 4.46. The van der Waals surface area contributed by atoms with E-state index in [1.54, 1.807) is 37.6 Å². The van der Waals surface area contributed by atoms with Crippen molar-refractivity contribution in [3.63, 3.8) is 0 Å². The van der Waals surface area contributed by atoms with Gasteiger partial charge in [-0.25, -0.2) is 4.79 Å². The Kier molecular flexibility index (Phi) is 6.21. The van der Waals surface area contributed by atoms with Crippen LogP contribution in [0.5, 0.6) is 17.2 Å². The summed E-state index contributed by atoms with van der Waals surface area (Å²) in [5, 5.41) is 6.73. The molecule has 0 saturated heterocycles. The standard InChI is InChI=1S/C21H22ClN3O3/c1-4-8-24-21(26)25-17-6-5-14(11-16(17)22)28-19-7-9-23-18-12-20(27-3)13(2)10-15(18)19/h5-7,9-12H,4,8H2,1-3H3,(H2,24,25,26). The van der Waals surface area contributed by atoms with Gasteiger partial charge in [0.15, 0.2) is 0 Å². The van der Waals surface area contributed by atoms with Crippen molar-refractivity contribution < 1.29 is 14.3 Å². The number of hydrogen-bond donors (Lipinski definition) is 2. The highest BCUT2D eigenvalue weighted by atomic mass is 35.5. The summed E-state index contributed by atoms with van der Waals surface area (Å²) in [6.45, 7) is 4.56. The Morgan fingerprint density at radius 3 is 2.71 bits per heavy atom. The smallest absolute Gasteiger partial charge is 0.319 e. The van der Waals surface area contributed by atoms with Crippen LogP contribution in [0, 0.1) is 6.92 Å². The molecule has 1 heterocycles. The highest BCUT2D eigenvalue weighted by Crippen LogP contribution is 2.35. The summed E-state index contributed by atoms with van der Waals surface area (Å²) in [4.78, 5) is 16.2. The Morgan fingerprint density at radius 1 is 1.18 bits per heavy atom. The summed E-state index contributed by atoms with van der Waals surface area (Å²) in [5.41, 5.74) is 2.28. The largest absolute Gasteiger partial charge is 0.496 e. The van der Waals surface area contributed by atoms with E-state index in [0.29, 0.717) is 28.8 Å². The molecule has 0 spiro atoms. The maximum absolute atomic E-state index is 11.8. The molecule has 0 aliphatic heterocycles. The van der Waals surface area contributed by atoms with Gasteiger partial charge in [0.25, 0.3) is 0 Å². The number of aryl methyl sites for hydroxylation is 1. The zero-order valence-electron chi connectivity index (χ0n) is 16.0. The quantitative estimate of drug-likeness (QED) is 0.571. The molecule has 0 aliphatic carbocycles. The Balaban J connectivity index is 1.83. The van der Waals surface area contributed by atoms with E-state index >= 15 is 0 Å². The van der Waals surface area contributed by atoms with E-state index < -0.39 is 0 Å². The zero-order chi connectivity index (χ0) is 20.1. The van der Waals surface area contributed by atoms with Gasteiger partial charge in [0.05, 0.1) is 23.3 Å². The molecule has 0 radical (unpaired) electrons. The molecule has 0 bridgehead atoms. The van der Waals surface area contributed by atoms with Crippen LogP contribution in [0.25, 0.3) is 10.9 Å². The van der Waals surface area contributed by atoms with E-state index in [1.807, 2.05) is 26.0 Å². The van der Waals surface area contributed by atoms with Gasteiger partial charge in [0.2, 0.25) is 0 Å². The zero-order valence-corrected chi connectivity index (χ0v) is 16.8. The van der Waals surface area contributed by atoms with E-state index in [1.165, 1.54) is 0 Å². The van der Waals surface area contributed by atoms with Crippen LogP contribution in [0.1, 0.15) is 18.9 Å². The second-order valence-corrected chi connectivity index (χ2v) is 6.68. The molecule has 6 nitrogen and oxygen atoms in total. The summed E-state index contributed by atoms with van der Waals surface area (Å²) in [7, 11) is 1.63. The highest BCUT2D eigenvalue weighted by molar-refractivity contribution is 6.33. The first-order valence-corrected chi connectivity index (χ1v) is 9.35. The van der Waals surface area contributed by atoms with E-state index in [9.17, 15) is 4.79 Å². The predicted molar refractivity (Wildman–Crippen MR) is 112 cm³/mol. The molecule has 2 aromatic carbocycles. The number of carbonyl (C=O) groups is 1. The topological polar surface area (TPSA) is 72.5 Å². The number of methoxy groups -OCH3 is 1. The number of benzene rings is 2. The molecular formula is C21H22ClN3O3. The lowest BCUT2D eigenvalue weighted by Gasteiger charge is -2.13. The average molecular weight is 400 g/mol. The summed E-state index contributed by atoms with van der Waals surface area (Å²) in [6.07, 6.45) is 2.54. The van der Waals surface area contributed by atoms with E-state index in [0.717, 1.165) is 28.6 Å². The van der Waals surface area contributed by atoms with Crippen LogP contribution in [-0.4, -0.2) is 24.7 Å². The molecule has 1 aromatic heterocycles. The van der Waals surface area contributed by atoms with Crippen molar-refractivity contribution >= 4 is 34.2 Å². The minimum absolute atomic E-state index is 0.290. The number of urea groups is 1. The second kappa shape index (κ2) is 8.80. The van der Waals surface area contributed by atoms with Crippen LogP contribution in [0.4, 0.5) is 10.5 Å². The normalized spacial score (nSPS) is 10.6. The Bertz CT molecular complexity index is 1010. The second-order valence-electron chi connectivity index (χ2n) is 6.27. The van der Waals surface area contributed by atoms with Gasteiger partial charge in [-0.3, -0.25) is 4.98 Å². The minimum Gasteiger partial charge on any atom is -0.496 e. The molecular weight excluding hydrogens is 378 g/mol. The molecule has 0 saturated carbocycles. The first-order chi connectivity index (χ1) is 13.5. The number of ether oxygens (including phenoxy) is 2. The molecule has 2 N–H and O–H groups in total. The van der Waals surface area contributed by atoms with Crippen LogP contribution >= 0.6 is 11.6 Å². The van der Waals surface area contributed by atoms with Crippen molar-refractivity contribution in [1.29, 1.82) is 0 Å². The number of fused-ring (bicyclic) bond motifs is 1. The van der Waals surface area contributed by atoms with Crippen LogP contribution < -0.4 is 20.1 Å². The monoisotopic (exact) mass is 399 g/mol. The summed E-state index contributed by atoms with van der Waals surface area (Å²) in [6, 6.07) is 10.5. The third-order valence-electron chi connectivity index (χ3n) is 4.17. The van der Waals surface area contributed by atoms with Gasteiger partial charge < -0.3 is 20.1 Å². The molecule has 28 heavy (non-hydrogen) atoms. The van der Waals surface area contributed by atoms with Crippen LogP contribution in [0.3, 0.4) is 0 Å². The van der Waals surface area contributed by atoms with Crippen molar-refractivity contribution in [3.05, 3.63) is 53.2 Å². The molecule has 3 rings (SSSR count). The maximum Gasteiger partial charge on any atom is 0.319 e. The van der Waals surface area contributed by atoms with Gasteiger partial charge in [-0.05, 0) is 43.2 Å². The SMILES string of the molecule is CCCNC(=O)Nc1ccc(Oc2ccnc3cc(OC)c(C)cc23)cc1Cl. The van der Waals surface area contributed by atoms with Crippen molar-refractivity contribution in [2.75, 3.05) is 19.0 Å². The van der Waals surface area contributed by atoms with Crippen molar-refractivity contribution in [2.24, 2.45) is 0 Å². The first kappa shape index (κ1) is 19.8. The highest BCUT2D eigenvalue weighted by Gasteiger charge is 2.11. The van der Waals surface area contributed by atoms with Gasteiger partial charge in [-0.2, -0.15) is 0 Å². The number of aromatic nitrogens is 1. The number of halogens is 1. The number of carbonyl (C=O) groups excluding carboxylic acids is 1. The third-order valence-corrected chi connectivity index (χ3v) is 4.48. The van der Waals surface area contributed by atoms with Gasteiger partial charge in [-0.1, -0.05) is 18.5 Å². The van der Waals surface area contributed by atoms with E-state index in [2.05, 4.69) is 15.6 Å². The summed E-state index contributed by atoms with van der Waals surface area (Å²) >= 11 is 6.31.